The topological polar surface area (TPSA) is 332 Å². The van der Waals surface area contributed by atoms with Crippen LogP contribution in [0.15, 0.2) is 91.0 Å². The molecule has 0 saturated carbocycles. The summed E-state index contributed by atoms with van der Waals surface area (Å²) in [7, 11) is 1.56. The number of hydrogen-bond acceptors (Lipinski definition) is 14. The highest BCUT2D eigenvalue weighted by molar-refractivity contribution is 8.76. The highest BCUT2D eigenvalue weighted by Crippen LogP contribution is 2.24. The second kappa shape index (κ2) is 28.1. The molecule has 1 saturated heterocycles. The van der Waals surface area contributed by atoms with Gasteiger partial charge >= 0.3 is 0 Å². The van der Waals surface area contributed by atoms with Crippen LogP contribution < -0.4 is 48.7 Å². The number of aromatic amines is 1. The van der Waals surface area contributed by atoms with E-state index in [1.54, 1.807) is 60.8 Å². The van der Waals surface area contributed by atoms with Gasteiger partial charge in [-0.3, -0.25) is 33.6 Å². The van der Waals surface area contributed by atoms with Crippen molar-refractivity contribution in [1.82, 2.24) is 42.2 Å². The number of rotatable bonds is 17. The zero-order chi connectivity index (χ0) is 58.5. The minimum Gasteiger partial charge on any atom is -0.394 e. The quantitative estimate of drug-likeness (QED) is 0.0455. The molecule has 0 bridgehead atoms. The molecule has 1 aliphatic heterocycles. The van der Waals surface area contributed by atoms with E-state index in [-0.39, 0.29) is 32.2 Å². The van der Waals surface area contributed by atoms with Gasteiger partial charge in [-0.25, -0.2) is 0 Å². The molecule has 15 N–H and O–H groups in total. The number of amides is 7. The summed E-state index contributed by atoms with van der Waals surface area (Å²) in [6.07, 6.45) is -4.70. The van der Waals surface area contributed by atoms with E-state index in [9.17, 15) is 48.9 Å². The minimum atomic E-state index is -3.56. The van der Waals surface area contributed by atoms with Crippen LogP contribution in [0.3, 0.4) is 0 Å². The molecule has 0 aliphatic carbocycles. The molecule has 5 rings (SSSR count). The number of fused-ring (bicyclic) bond motifs is 1. The molecule has 3 aromatic carbocycles. The molecule has 1 aliphatic rings. The fourth-order valence-corrected chi connectivity index (χ4v) is 9.56. The van der Waals surface area contributed by atoms with Crippen molar-refractivity contribution in [2.45, 2.75) is 113 Å². The summed E-state index contributed by atoms with van der Waals surface area (Å²) in [6, 6.07) is -4.26. The van der Waals surface area contributed by atoms with Crippen LogP contribution in [0.2, 0.25) is 0 Å². The molecule has 0 radical (unpaired) electrons. The number of aliphatic hydroxyl groups is 3. The first kappa shape index (κ1) is 44.9. The monoisotopic (exact) mass is 1030 g/mol. The number of aromatic nitrogens is 1. The first-order chi connectivity index (χ1) is 37.2. The Balaban J connectivity index is 1.64. The fraction of sp³-hybridized carbons (Fsp3) is 0.449. The van der Waals surface area contributed by atoms with Crippen molar-refractivity contribution in [2.24, 2.45) is 11.5 Å². The molecular weight excluding hydrogens is 953 g/mol. The number of unbranched alkanes of at least 4 members (excludes halogenated alkanes) is 1. The first-order valence-corrected chi connectivity index (χ1v) is 25.2. The number of hydrogen-bond donors (Lipinski definition) is 13. The van der Waals surface area contributed by atoms with Gasteiger partial charge in [-0.2, -0.15) is 0 Å². The second-order valence-corrected chi connectivity index (χ2v) is 19.2. The maximum atomic E-state index is 14.8. The van der Waals surface area contributed by atoms with Crippen LogP contribution in [0.4, 0.5) is 0 Å². The molecule has 1 fully saturated rings. The van der Waals surface area contributed by atoms with Gasteiger partial charge in [0.25, 0.3) is 0 Å². The fourth-order valence-electron chi connectivity index (χ4n) is 7.23. The van der Waals surface area contributed by atoms with Crippen LogP contribution >= 0.6 is 21.6 Å². The number of aliphatic hydroxyl groups excluding tert-OH is 3. The lowest BCUT2D eigenvalue weighted by atomic mass is 10.0. The number of para-hydroxylation sites is 1. The Morgan fingerprint density at radius 1 is 0.803 bits per heavy atom. The van der Waals surface area contributed by atoms with Crippen LogP contribution in [0.1, 0.15) is 60.8 Å². The normalized spacial score (nSPS) is 25.1. The third-order valence-corrected chi connectivity index (χ3v) is 13.6. The van der Waals surface area contributed by atoms with E-state index >= 15 is 0 Å². The number of carbonyl (C=O) groups is 7. The minimum absolute atomic E-state index is 0.0518. The Morgan fingerprint density at radius 3 is 2.11 bits per heavy atom. The molecule has 20 nitrogen and oxygen atoms in total. The lowest BCUT2D eigenvalue weighted by Crippen LogP contribution is -2.62. The van der Waals surface area contributed by atoms with Gasteiger partial charge < -0.3 is 69.0 Å². The van der Waals surface area contributed by atoms with E-state index in [0.29, 0.717) is 28.5 Å². The van der Waals surface area contributed by atoms with Crippen molar-refractivity contribution < 1.29 is 59.8 Å². The SMILES string of the molecule is [2H]c1c([2H])c([2H])c(C([2H])([2H])[C@@]([2H])(N)C(=O)N[C@@H]2CSSC[C@@H](C(=O)N[C@H](CO)[C@@H](C)O)NC(=O)[C@H](C(C)O)NC(=O)[C@H](CCCCN)NC(=O)[C@@H](Cc3c[nH]c4ccccc34)NC(=O)[C@H](Cc3ccccc3)NC2=O)c([2H])c1[2H]. The van der Waals surface area contributed by atoms with Crippen LogP contribution in [-0.2, 0) is 52.8 Å². The van der Waals surface area contributed by atoms with Gasteiger partial charge in [-0.15, -0.1) is 0 Å². The lowest BCUT2D eigenvalue weighted by molar-refractivity contribution is -0.136. The molecule has 1 unspecified atom stereocenters. The van der Waals surface area contributed by atoms with E-state index in [1.807, 2.05) is 0 Å². The molecule has 7 amide bonds. The van der Waals surface area contributed by atoms with Crippen LogP contribution in [-0.4, -0.2) is 147 Å². The zero-order valence-corrected chi connectivity index (χ0v) is 40.6. The van der Waals surface area contributed by atoms with Gasteiger partial charge in [0.15, 0.2) is 0 Å². The van der Waals surface area contributed by atoms with Gasteiger partial charge in [0.2, 0.25) is 41.4 Å². The Hall–Kier alpha value is -6.01. The summed E-state index contributed by atoms with van der Waals surface area (Å²) in [6.45, 7) is 1.92. The predicted molar refractivity (Wildman–Crippen MR) is 272 cm³/mol. The number of nitrogens with one attached hydrogen (secondary N) is 8. The first-order valence-electron chi connectivity index (χ1n) is 26.7. The summed E-state index contributed by atoms with van der Waals surface area (Å²) in [5.41, 5.74) is 12.5. The lowest BCUT2D eigenvalue weighted by Gasteiger charge is -2.29. The van der Waals surface area contributed by atoms with Gasteiger partial charge in [0, 0.05) is 44.2 Å². The molecule has 384 valence electrons. The Bertz CT molecular complexity index is 2810. The zero-order valence-electron chi connectivity index (χ0n) is 47.0. The molecule has 71 heavy (non-hydrogen) atoms. The van der Waals surface area contributed by atoms with Crippen molar-refractivity contribution >= 4 is 73.8 Å². The van der Waals surface area contributed by atoms with Crippen molar-refractivity contribution in [1.29, 1.82) is 0 Å². The molecule has 22 heteroatoms. The predicted octanol–water partition coefficient (Wildman–Crippen LogP) is -0.805. The number of benzene rings is 3. The van der Waals surface area contributed by atoms with Crippen molar-refractivity contribution in [3.8, 4) is 0 Å². The highest BCUT2D eigenvalue weighted by Gasteiger charge is 2.36. The Morgan fingerprint density at radius 2 is 1.44 bits per heavy atom. The van der Waals surface area contributed by atoms with E-state index < -0.39 is 162 Å². The van der Waals surface area contributed by atoms with Crippen molar-refractivity contribution in [3.63, 3.8) is 0 Å². The molecule has 0 spiro atoms. The standard InChI is InChI=1S/C49H66N10O10S2/c1-28(61)39(25-60)56-48(68)41-27-71-70-26-40(57-43(63)34(51)21-30-13-5-3-6-14-30)47(67)54-37(22-31-15-7-4-8-16-31)45(65)55-38(23-32-24-52-35-18-10-9-17-33(32)35)46(66)53-36(19-11-12-20-50)44(64)59-42(29(2)62)49(69)58-41/h3-10,13-18,24,28-29,34,36-42,52,60-62H,11-12,19-23,25-27,50-51H2,1-2H3,(H,53,66)(H,54,67)(H,55,65)(H,56,68)(H,57,63)(H,58,69)(H,59,64)/t28-,29?,34-,36+,37+,38-,39-,40-,41+,42+/m1/s1/i3D,5D,6D,13D,14D,21D2,34D. The molecular formula is C49H66N10O10S2. The number of nitrogens with two attached hydrogens (primary N) is 2. The summed E-state index contributed by atoms with van der Waals surface area (Å²) in [4.78, 5) is 104. The maximum Gasteiger partial charge on any atom is 0.245 e. The second-order valence-electron chi connectivity index (χ2n) is 16.7. The van der Waals surface area contributed by atoms with Crippen molar-refractivity contribution in [3.05, 3.63) is 108 Å². The van der Waals surface area contributed by atoms with Gasteiger partial charge in [0.05, 0.1) is 39.1 Å². The van der Waals surface area contributed by atoms with E-state index in [4.69, 9.17) is 22.4 Å². The summed E-state index contributed by atoms with van der Waals surface area (Å²) >= 11 is 0. The molecule has 4 aromatic rings. The van der Waals surface area contributed by atoms with Crippen LogP contribution in [0, 0.1) is 0 Å². The smallest absolute Gasteiger partial charge is 0.245 e. The molecule has 10 atom stereocenters. The average Bonchev–Trinajstić information content (AvgIpc) is 3.84. The Labute approximate surface area is 431 Å². The van der Waals surface area contributed by atoms with E-state index in [1.165, 1.54) is 13.8 Å². The third-order valence-electron chi connectivity index (χ3n) is 11.2. The van der Waals surface area contributed by atoms with Gasteiger partial charge in [-0.05, 0) is 68.8 Å². The number of H-pyrrole nitrogens is 1. The van der Waals surface area contributed by atoms with Gasteiger partial charge in [0.1, 0.15) is 36.3 Å². The molecule has 1 aromatic heterocycles. The third kappa shape index (κ3) is 17.1. The maximum absolute atomic E-state index is 14.8. The van der Waals surface area contributed by atoms with Crippen molar-refractivity contribution in [2.75, 3.05) is 24.7 Å². The molecule has 2 heterocycles. The van der Waals surface area contributed by atoms with E-state index in [2.05, 4.69) is 42.2 Å². The summed E-state index contributed by atoms with van der Waals surface area (Å²) in [5.74, 6) is -8.69. The van der Waals surface area contributed by atoms with E-state index in [0.717, 1.165) is 21.6 Å². The highest BCUT2D eigenvalue weighted by atomic mass is 33.1. The average molecular weight is 1030 g/mol. The van der Waals surface area contributed by atoms with Crippen LogP contribution in [0.25, 0.3) is 10.9 Å². The number of carbonyl (C=O) groups excluding carboxylic acids is 7. The summed E-state index contributed by atoms with van der Waals surface area (Å²) < 4.78 is 67.5. The van der Waals surface area contributed by atoms with Crippen LogP contribution in [0.5, 0.6) is 0 Å². The Kier molecular flexibility index (Phi) is 17.8. The summed E-state index contributed by atoms with van der Waals surface area (Å²) in [5, 5.41) is 49.3. The largest absolute Gasteiger partial charge is 0.394 e. The van der Waals surface area contributed by atoms with Gasteiger partial charge in [-0.1, -0.05) is 100 Å².